The number of anilines is 1. The van der Waals surface area contributed by atoms with E-state index in [1.54, 1.807) is 14.0 Å². The van der Waals surface area contributed by atoms with Crippen molar-refractivity contribution in [2.24, 2.45) is 0 Å². The van der Waals surface area contributed by atoms with E-state index in [4.69, 9.17) is 5.11 Å². The average Bonchev–Trinajstić information content (AvgIpc) is 2.03. The summed E-state index contributed by atoms with van der Waals surface area (Å²) in [6.07, 6.45) is 0. The molecule has 0 spiro atoms. The molecule has 1 rings (SSSR count). The Balaban J connectivity index is 3.15. The van der Waals surface area contributed by atoms with Gasteiger partial charge < -0.3 is 10.4 Å². The van der Waals surface area contributed by atoms with Gasteiger partial charge in [-0.15, -0.1) is 0 Å². The normalized spacial score (nSPS) is 9.50. The maximum atomic E-state index is 10.5. The molecular weight excluding hydrogens is 158 g/mol. The number of carboxylic acid groups (broad SMARTS) is 1. The number of carbonyl (C=O) groups is 1. The van der Waals surface area contributed by atoms with Crippen LogP contribution in [0.1, 0.15) is 16.2 Å². The Hall–Kier alpha value is -1.65. The van der Waals surface area contributed by atoms with E-state index in [-0.39, 0.29) is 5.69 Å². The van der Waals surface area contributed by atoms with E-state index < -0.39 is 5.97 Å². The molecule has 1 aromatic heterocycles. The summed E-state index contributed by atoms with van der Waals surface area (Å²) in [7, 11) is 1.64. The first-order valence-electron chi connectivity index (χ1n) is 3.40. The number of aryl methyl sites for hydroxylation is 1. The molecule has 0 aliphatic carbocycles. The standard InChI is InChI=1S/C7H9N3O2/c1-4-3-5(6(11)12)10-7(8-2)9-4/h3H,1-2H3,(H,11,12)(H,8,9,10). The second kappa shape index (κ2) is 3.17. The Morgan fingerprint density at radius 2 is 2.25 bits per heavy atom. The van der Waals surface area contributed by atoms with Gasteiger partial charge in [0.05, 0.1) is 0 Å². The minimum absolute atomic E-state index is 0.00634. The number of nitrogens with one attached hydrogen (secondary N) is 1. The van der Waals surface area contributed by atoms with Crippen molar-refractivity contribution in [3.05, 3.63) is 17.5 Å². The molecule has 12 heavy (non-hydrogen) atoms. The molecule has 0 saturated carbocycles. The summed E-state index contributed by atoms with van der Waals surface area (Å²) in [5.74, 6) is -0.718. The van der Waals surface area contributed by atoms with Gasteiger partial charge in [0.25, 0.3) is 0 Å². The van der Waals surface area contributed by atoms with Gasteiger partial charge in [0.15, 0.2) is 5.69 Å². The number of carboxylic acids is 1. The van der Waals surface area contributed by atoms with Gasteiger partial charge in [-0.25, -0.2) is 14.8 Å². The summed E-state index contributed by atoms with van der Waals surface area (Å²) >= 11 is 0. The van der Waals surface area contributed by atoms with Crippen molar-refractivity contribution in [1.82, 2.24) is 9.97 Å². The third-order valence-electron chi connectivity index (χ3n) is 1.30. The summed E-state index contributed by atoms with van der Waals surface area (Å²) in [4.78, 5) is 18.2. The second-order valence-electron chi connectivity index (χ2n) is 2.27. The van der Waals surface area contributed by atoms with Crippen LogP contribution >= 0.6 is 0 Å². The van der Waals surface area contributed by atoms with Crippen LogP contribution in [0.15, 0.2) is 6.07 Å². The number of aromatic nitrogens is 2. The Morgan fingerprint density at radius 3 is 2.75 bits per heavy atom. The third kappa shape index (κ3) is 1.69. The predicted octanol–water partition coefficient (Wildman–Crippen LogP) is 0.525. The van der Waals surface area contributed by atoms with Crippen LogP contribution in [0.3, 0.4) is 0 Å². The van der Waals surface area contributed by atoms with Crippen molar-refractivity contribution in [2.75, 3.05) is 12.4 Å². The first kappa shape index (κ1) is 8.45. The van der Waals surface area contributed by atoms with Gasteiger partial charge in [-0.1, -0.05) is 0 Å². The van der Waals surface area contributed by atoms with Crippen molar-refractivity contribution >= 4 is 11.9 Å². The quantitative estimate of drug-likeness (QED) is 0.671. The zero-order chi connectivity index (χ0) is 9.14. The molecule has 2 N–H and O–H groups in total. The Kier molecular flexibility index (Phi) is 2.23. The van der Waals surface area contributed by atoms with Gasteiger partial charge in [-0.2, -0.15) is 0 Å². The van der Waals surface area contributed by atoms with E-state index in [1.807, 2.05) is 0 Å². The fourth-order valence-electron chi connectivity index (χ4n) is 0.790. The van der Waals surface area contributed by atoms with Crippen LogP contribution in [0.25, 0.3) is 0 Å². The van der Waals surface area contributed by atoms with E-state index in [2.05, 4.69) is 15.3 Å². The van der Waals surface area contributed by atoms with Gasteiger partial charge in [-0.05, 0) is 13.0 Å². The highest BCUT2D eigenvalue weighted by molar-refractivity contribution is 5.85. The van der Waals surface area contributed by atoms with Crippen molar-refractivity contribution in [3.8, 4) is 0 Å². The molecule has 5 nitrogen and oxygen atoms in total. The number of nitrogens with zero attached hydrogens (tertiary/aromatic N) is 2. The lowest BCUT2D eigenvalue weighted by atomic mass is 10.3. The molecule has 1 aromatic rings. The zero-order valence-corrected chi connectivity index (χ0v) is 6.83. The highest BCUT2D eigenvalue weighted by atomic mass is 16.4. The molecular formula is C7H9N3O2. The molecule has 0 atom stereocenters. The molecule has 0 aliphatic heterocycles. The number of rotatable bonds is 2. The van der Waals surface area contributed by atoms with Gasteiger partial charge >= 0.3 is 5.97 Å². The highest BCUT2D eigenvalue weighted by Crippen LogP contribution is 2.03. The maximum absolute atomic E-state index is 10.5. The summed E-state index contributed by atoms with van der Waals surface area (Å²) < 4.78 is 0. The lowest BCUT2D eigenvalue weighted by Crippen LogP contribution is -2.06. The molecule has 0 unspecified atom stereocenters. The molecule has 0 aliphatic rings. The SMILES string of the molecule is CNc1nc(C)cc(C(=O)O)n1. The van der Waals surface area contributed by atoms with Crippen molar-refractivity contribution < 1.29 is 9.90 Å². The Morgan fingerprint density at radius 1 is 1.58 bits per heavy atom. The predicted molar refractivity (Wildman–Crippen MR) is 43.3 cm³/mol. The van der Waals surface area contributed by atoms with Crippen LogP contribution in [-0.2, 0) is 0 Å². The molecule has 0 radical (unpaired) electrons. The van der Waals surface area contributed by atoms with Crippen LogP contribution in [0.4, 0.5) is 5.95 Å². The fourth-order valence-corrected chi connectivity index (χ4v) is 0.790. The Bertz CT molecular complexity index is 312. The Labute approximate surface area is 69.5 Å². The van der Waals surface area contributed by atoms with Crippen molar-refractivity contribution in [2.45, 2.75) is 6.92 Å². The van der Waals surface area contributed by atoms with Gasteiger partial charge in [0.1, 0.15) is 0 Å². The lowest BCUT2D eigenvalue weighted by molar-refractivity contribution is 0.0690. The topological polar surface area (TPSA) is 75.1 Å². The van der Waals surface area contributed by atoms with Gasteiger partial charge in [0.2, 0.25) is 5.95 Å². The van der Waals surface area contributed by atoms with Crippen molar-refractivity contribution in [3.63, 3.8) is 0 Å². The maximum Gasteiger partial charge on any atom is 0.354 e. The minimum Gasteiger partial charge on any atom is -0.477 e. The van der Waals surface area contributed by atoms with Crippen LogP contribution in [-0.4, -0.2) is 28.1 Å². The molecule has 0 saturated heterocycles. The largest absolute Gasteiger partial charge is 0.477 e. The molecule has 5 heteroatoms. The second-order valence-corrected chi connectivity index (χ2v) is 2.27. The van der Waals surface area contributed by atoms with E-state index in [0.717, 1.165) is 0 Å². The molecule has 64 valence electrons. The first-order valence-corrected chi connectivity index (χ1v) is 3.40. The van der Waals surface area contributed by atoms with Crippen LogP contribution in [0.2, 0.25) is 0 Å². The van der Waals surface area contributed by atoms with E-state index in [1.165, 1.54) is 6.07 Å². The molecule has 0 bridgehead atoms. The summed E-state index contributed by atoms with van der Waals surface area (Å²) in [6, 6.07) is 1.42. The number of aromatic carboxylic acids is 1. The van der Waals surface area contributed by atoms with Gasteiger partial charge in [0, 0.05) is 12.7 Å². The van der Waals surface area contributed by atoms with E-state index >= 15 is 0 Å². The summed E-state index contributed by atoms with van der Waals surface area (Å²) in [6.45, 7) is 1.72. The number of hydrogen-bond acceptors (Lipinski definition) is 4. The smallest absolute Gasteiger partial charge is 0.354 e. The monoisotopic (exact) mass is 167 g/mol. The van der Waals surface area contributed by atoms with E-state index in [9.17, 15) is 4.79 Å². The highest BCUT2D eigenvalue weighted by Gasteiger charge is 2.06. The molecule has 0 aromatic carbocycles. The summed E-state index contributed by atoms with van der Waals surface area (Å²) in [5, 5.41) is 11.3. The van der Waals surface area contributed by atoms with Crippen LogP contribution in [0.5, 0.6) is 0 Å². The lowest BCUT2D eigenvalue weighted by Gasteiger charge is -2.00. The fraction of sp³-hybridized carbons (Fsp3) is 0.286. The van der Waals surface area contributed by atoms with Gasteiger partial charge in [-0.3, -0.25) is 0 Å². The van der Waals surface area contributed by atoms with Crippen LogP contribution < -0.4 is 5.32 Å². The average molecular weight is 167 g/mol. The first-order chi connectivity index (χ1) is 5.63. The molecule has 0 fully saturated rings. The van der Waals surface area contributed by atoms with Crippen LogP contribution in [0, 0.1) is 6.92 Å². The van der Waals surface area contributed by atoms with E-state index in [0.29, 0.717) is 11.6 Å². The summed E-state index contributed by atoms with van der Waals surface area (Å²) in [5.41, 5.74) is 0.638. The zero-order valence-electron chi connectivity index (χ0n) is 6.83. The molecule has 0 amide bonds. The van der Waals surface area contributed by atoms with Crippen molar-refractivity contribution in [1.29, 1.82) is 0 Å². The number of hydrogen-bond donors (Lipinski definition) is 2. The molecule has 1 heterocycles. The third-order valence-corrected chi connectivity index (χ3v) is 1.30. The minimum atomic E-state index is -1.04.